The Bertz CT molecular complexity index is 972. The van der Waals surface area contributed by atoms with Crippen LogP contribution in [0.5, 0.6) is 5.75 Å². The molecule has 144 valence electrons. The van der Waals surface area contributed by atoms with Crippen LogP contribution in [-0.4, -0.2) is 35.2 Å². The second kappa shape index (κ2) is 8.45. The summed E-state index contributed by atoms with van der Waals surface area (Å²) in [7, 11) is -1.21. The van der Waals surface area contributed by atoms with Gasteiger partial charge < -0.3 is 9.47 Å². The van der Waals surface area contributed by atoms with E-state index in [0.717, 1.165) is 4.31 Å². The molecule has 0 saturated heterocycles. The Morgan fingerprint density at radius 2 is 1.93 bits per heavy atom. The molecule has 2 aromatic rings. The molecule has 0 saturated carbocycles. The Kier molecular flexibility index (Phi) is 6.51. The van der Waals surface area contributed by atoms with Gasteiger partial charge >= 0.3 is 5.97 Å². The molecule has 0 aliphatic heterocycles. The molecule has 0 aliphatic rings. The van der Waals surface area contributed by atoms with Gasteiger partial charge in [-0.05, 0) is 48.9 Å². The van der Waals surface area contributed by atoms with Gasteiger partial charge in [0, 0.05) is 0 Å². The van der Waals surface area contributed by atoms with Gasteiger partial charge in [0.15, 0.2) is 0 Å². The molecule has 0 N–H and O–H groups in total. The van der Waals surface area contributed by atoms with Crippen LogP contribution in [-0.2, 0) is 14.8 Å². The number of methoxy groups -OCH3 is 2. The zero-order valence-electron chi connectivity index (χ0n) is 15.2. The largest absolute Gasteiger partial charge is 0.496 e. The first-order valence-electron chi connectivity index (χ1n) is 7.92. The van der Waals surface area contributed by atoms with Gasteiger partial charge in [-0.1, -0.05) is 17.7 Å². The van der Waals surface area contributed by atoms with E-state index >= 15 is 0 Å². The van der Waals surface area contributed by atoms with Crippen LogP contribution >= 0.6 is 11.6 Å². The second-order valence-corrected chi connectivity index (χ2v) is 7.88. The molecule has 2 rings (SSSR count). The summed E-state index contributed by atoms with van der Waals surface area (Å²) in [4.78, 5) is 11.9. The monoisotopic (exact) mass is 409 g/mol. The summed E-state index contributed by atoms with van der Waals surface area (Å²) in [5.41, 5.74) is 1.02. The molecule has 0 atom stereocenters. The highest BCUT2D eigenvalue weighted by atomic mass is 35.5. The van der Waals surface area contributed by atoms with Crippen molar-refractivity contribution in [2.24, 2.45) is 0 Å². The minimum atomic E-state index is -3.97. The summed E-state index contributed by atoms with van der Waals surface area (Å²) in [5, 5.41) is 0.179. The fraction of sp³-hybridized carbons (Fsp3) is 0.211. The molecule has 0 radical (unpaired) electrons. The fourth-order valence-corrected chi connectivity index (χ4v) is 4.33. The number of carbonyl (C=O) groups excluding carboxylic acids is 1. The van der Waals surface area contributed by atoms with Crippen molar-refractivity contribution in [3.05, 3.63) is 65.2 Å². The predicted molar refractivity (Wildman–Crippen MR) is 105 cm³/mol. The van der Waals surface area contributed by atoms with Crippen molar-refractivity contribution >= 4 is 33.3 Å². The number of anilines is 1. The van der Waals surface area contributed by atoms with Crippen LogP contribution in [0.25, 0.3) is 0 Å². The number of esters is 1. The van der Waals surface area contributed by atoms with E-state index in [9.17, 15) is 13.2 Å². The maximum Gasteiger partial charge on any atom is 0.337 e. The van der Waals surface area contributed by atoms with E-state index in [4.69, 9.17) is 21.1 Å². The number of hydrogen-bond acceptors (Lipinski definition) is 5. The summed E-state index contributed by atoms with van der Waals surface area (Å²) in [5.74, 6) is -0.0147. The van der Waals surface area contributed by atoms with Gasteiger partial charge in [-0.2, -0.15) is 0 Å². The number of benzene rings is 2. The van der Waals surface area contributed by atoms with Crippen LogP contribution in [0.15, 0.2) is 53.9 Å². The van der Waals surface area contributed by atoms with Gasteiger partial charge in [0.25, 0.3) is 10.0 Å². The first-order chi connectivity index (χ1) is 12.8. The molecular formula is C19H20ClNO5S. The van der Waals surface area contributed by atoms with E-state index in [1.807, 2.05) is 0 Å². The third-order valence-electron chi connectivity index (χ3n) is 3.89. The first-order valence-corrected chi connectivity index (χ1v) is 9.74. The zero-order valence-corrected chi connectivity index (χ0v) is 16.8. The highest BCUT2D eigenvalue weighted by Gasteiger charge is 2.27. The van der Waals surface area contributed by atoms with Crippen molar-refractivity contribution in [2.75, 3.05) is 25.1 Å². The molecule has 0 aromatic heterocycles. The van der Waals surface area contributed by atoms with E-state index in [1.54, 1.807) is 13.0 Å². The Labute approximate surface area is 164 Å². The second-order valence-electron chi connectivity index (χ2n) is 5.61. The minimum absolute atomic E-state index is 0.0300. The highest BCUT2D eigenvalue weighted by molar-refractivity contribution is 7.92. The summed E-state index contributed by atoms with van der Waals surface area (Å²) in [6.07, 6.45) is 1.44. The van der Waals surface area contributed by atoms with Crippen molar-refractivity contribution in [3.63, 3.8) is 0 Å². The van der Waals surface area contributed by atoms with Crippen LogP contribution in [0.3, 0.4) is 0 Å². The number of carbonyl (C=O) groups is 1. The molecule has 2 aromatic carbocycles. The Hall–Kier alpha value is -2.51. The molecule has 0 bridgehead atoms. The number of halogens is 1. The number of hydrogen-bond donors (Lipinski definition) is 0. The van der Waals surface area contributed by atoms with Crippen molar-refractivity contribution in [1.29, 1.82) is 0 Å². The Morgan fingerprint density at radius 1 is 1.22 bits per heavy atom. The first kappa shape index (κ1) is 20.8. The molecular weight excluding hydrogens is 390 g/mol. The van der Waals surface area contributed by atoms with Crippen molar-refractivity contribution in [1.82, 2.24) is 0 Å². The Morgan fingerprint density at radius 3 is 2.48 bits per heavy atom. The standard InChI is InChI=1S/C19H20ClNO5S/c1-5-10-21(17-12-14(19(22)26-4)6-8-16(17)20)27(23,24)15-7-9-18(25-3)13(2)11-15/h5-9,11-12H,1,10H2,2-4H3. The van der Waals surface area contributed by atoms with Crippen LogP contribution in [0.1, 0.15) is 15.9 Å². The van der Waals surface area contributed by atoms with E-state index < -0.39 is 16.0 Å². The molecule has 0 aliphatic carbocycles. The average molecular weight is 410 g/mol. The summed E-state index contributed by atoms with van der Waals surface area (Å²) >= 11 is 6.23. The van der Waals surface area contributed by atoms with E-state index in [0.29, 0.717) is 11.3 Å². The van der Waals surface area contributed by atoms with E-state index in [2.05, 4.69) is 6.58 Å². The lowest BCUT2D eigenvalue weighted by Gasteiger charge is -2.25. The lowest BCUT2D eigenvalue weighted by atomic mass is 10.2. The molecule has 0 heterocycles. The predicted octanol–water partition coefficient (Wildman–Crippen LogP) is 3.82. The van der Waals surface area contributed by atoms with Gasteiger partial charge in [0.05, 0.1) is 41.9 Å². The average Bonchev–Trinajstić information content (AvgIpc) is 2.66. The van der Waals surface area contributed by atoms with Crippen LogP contribution in [0, 0.1) is 6.92 Å². The third-order valence-corrected chi connectivity index (χ3v) is 5.98. The highest BCUT2D eigenvalue weighted by Crippen LogP contribution is 2.33. The maximum atomic E-state index is 13.2. The molecule has 27 heavy (non-hydrogen) atoms. The molecule has 0 unspecified atom stereocenters. The van der Waals surface area contributed by atoms with Crippen LogP contribution < -0.4 is 9.04 Å². The zero-order chi connectivity index (χ0) is 20.2. The lowest BCUT2D eigenvalue weighted by Crippen LogP contribution is -2.31. The summed E-state index contributed by atoms with van der Waals surface area (Å²) in [6, 6.07) is 8.85. The van der Waals surface area contributed by atoms with Gasteiger partial charge in [-0.3, -0.25) is 4.31 Å². The van der Waals surface area contributed by atoms with Crippen LogP contribution in [0.4, 0.5) is 5.69 Å². The van der Waals surface area contributed by atoms with E-state index in [-0.39, 0.29) is 27.7 Å². The fourth-order valence-electron chi connectivity index (χ4n) is 2.53. The SMILES string of the molecule is C=CCN(c1cc(C(=O)OC)ccc1Cl)S(=O)(=O)c1ccc(OC)c(C)c1. The molecule has 6 nitrogen and oxygen atoms in total. The van der Waals surface area contributed by atoms with Gasteiger partial charge in [-0.25, -0.2) is 13.2 Å². The number of ether oxygens (including phenoxy) is 2. The normalized spacial score (nSPS) is 11.0. The minimum Gasteiger partial charge on any atom is -0.496 e. The van der Waals surface area contributed by atoms with Crippen LogP contribution in [0.2, 0.25) is 5.02 Å². The summed E-state index contributed by atoms with van der Waals surface area (Å²) in [6.45, 7) is 5.34. The smallest absolute Gasteiger partial charge is 0.337 e. The molecule has 0 amide bonds. The summed E-state index contributed by atoms with van der Waals surface area (Å²) < 4.78 is 37.5. The van der Waals surface area contributed by atoms with E-state index in [1.165, 1.54) is 50.6 Å². The molecule has 8 heteroatoms. The number of sulfonamides is 1. The topological polar surface area (TPSA) is 72.9 Å². The van der Waals surface area contributed by atoms with Crippen molar-refractivity contribution in [2.45, 2.75) is 11.8 Å². The van der Waals surface area contributed by atoms with Crippen molar-refractivity contribution < 1.29 is 22.7 Å². The Balaban J connectivity index is 2.61. The quantitative estimate of drug-likeness (QED) is 0.513. The van der Waals surface area contributed by atoms with Crippen molar-refractivity contribution in [3.8, 4) is 5.75 Å². The molecule has 0 fully saturated rings. The number of aryl methyl sites for hydroxylation is 1. The third kappa shape index (κ3) is 4.26. The molecule has 0 spiro atoms. The maximum absolute atomic E-state index is 13.2. The number of rotatable bonds is 7. The van der Waals surface area contributed by atoms with Gasteiger partial charge in [0.2, 0.25) is 0 Å². The van der Waals surface area contributed by atoms with Gasteiger partial charge in [0.1, 0.15) is 5.75 Å². The number of nitrogens with zero attached hydrogens (tertiary/aromatic N) is 1. The van der Waals surface area contributed by atoms with Gasteiger partial charge in [-0.15, -0.1) is 6.58 Å². The lowest BCUT2D eigenvalue weighted by molar-refractivity contribution is 0.0600.